The summed E-state index contributed by atoms with van der Waals surface area (Å²) in [5.74, 6) is 1.02. The molecule has 116 valence electrons. The monoisotopic (exact) mass is 290 g/mol. The van der Waals surface area contributed by atoms with Crippen LogP contribution in [0, 0.1) is 0 Å². The molecule has 1 aliphatic heterocycles. The van der Waals surface area contributed by atoms with Crippen LogP contribution in [0.4, 0.5) is 0 Å². The van der Waals surface area contributed by atoms with Crippen LogP contribution in [0.5, 0.6) is 5.75 Å². The molecule has 1 aromatic rings. The SMILES string of the molecule is C=CCc1ccccc1OCCCC[NH+]1CC[NH+](C)CC1. The lowest BCUT2D eigenvalue weighted by Crippen LogP contribution is -3.27. The van der Waals surface area contributed by atoms with Crippen molar-refractivity contribution in [1.82, 2.24) is 0 Å². The van der Waals surface area contributed by atoms with E-state index < -0.39 is 0 Å². The molecule has 0 bridgehead atoms. The number of piperazine rings is 1. The molecule has 0 atom stereocenters. The summed E-state index contributed by atoms with van der Waals surface area (Å²) in [6, 6.07) is 8.28. The van der Waals surface area contributed by atoms with Crippen molar-refractivity contribution in [3.8, 4) is 5.75 Å². The van der Waals surface area contributed by atoms with Crippen LogP contribution < -0.4 is 14.5 Å². The lowest BCUT2D eigenvalue weighted by atomic mass is 10.1. The fraction of sp³-hybridized carbons (Fsp3) is 0.556. The van der Waals surface area contributed by atoms with Crippen molar-refractivity contribution in [3.63, 3.8) is 0 Å². The van der Waals surface area contributed by atoms with Crippen LogP contribution in [-0.2, 0) is 6.42 Å². The summed E-state index contributed by atoms with van der Waals surface area (Å²) in [7, 11) is 2.30. The number of hydrogen-bond donors (Lipinski definition) is 2. The van der Waals surface area contributed by atoms with Crippen molar-refractivity contribution >= 4 is 0 Å². The van der Waals surface area contributed by atoms with Crippen LogP contribution in [0.15, 0.2) is 36.9 Å². The Balaban J connectivity index is 1.62. The van der Waals surface area contributed by atoms with Gasteiger partial charge in [0.25, 0.3) is 0 Å². The van der Waals surface area contributed by atoms with Gasteiger partial charge in [-0.15, -0.1) is 6.58 Å². The molecule has 1 saturated heterocycles. The zero-order valence-electron chi connectivity index (χ0n) is 13.4. The van der Waals surface area contributed by atoms with E-state index in [9.17, 15) is 0 Å². The zero-order valence-corrected chi connectivity index (χ0v) is 13.4. The smallest absolute Gasteiger partial charge is 0.127 e. The molecule has 1 aliphatic rings. The topological polar surface area (TPSA) is 18.1 Å². The van der Waals surface area contributed by atoms with Crippen molar-refractivity contribution in [3.05, 3.63) is 42.5 Å². The zero-order chi connectivity index (χ0) is 14.9. The van der Waals surface area contributed by atoms with E-state index in [-0.39, 0.29) is 0 Å². The van der Waals surface area contributed by atoms with Crippen LogP contribution in [0.25, 0.3) is 0 Å². The first kappa shape index (κ1) is 16.1. The van der Waals surface area contributed by atoms with Crippen LogP contribution >= 0.6 is 0 Å². The first-order valence-electron chi connectivity index (χ1n) is 8.26. The van der Waals surface area contributed by atoms with Crippen molar-refractivity contribution in [2.75, 3.05) is 46.4 Å². The molecule has 0 radical (unpaired) electrons. The Morgan fingerprint density at radius 1 is 1.14 bits per heavy atom. The van der Waals surface area contributed by atoms with Gasteiger partial charge in [0.1, 0.15) is 31.9 Å². The highest BCUT2D eigenvalue weighted by molar-refractivity contribution is 5.34. The summed E-state index contributed by atoms with van der Waals surface area (Å²) < 4.78 is 5.94. The minimum atomic E-state index is 0.826. The van der Waals surface area contributed by atoms with Crippen molar-refractivity contribution in [2.24, 2.45) is 0 Å². The minimum absolute atomic E-state index is 0.826. The Kier molecular flexibility index (Phi) is 6.77. The number of ether oxygens (including phenoxy) is 1. The molecule has 1 fully saturated rings. The van der Waals surface area contributed by atoms with Gasteiger partial charge in [-0.25, -0.2) is 0 Å². The largest absolute Gasteiger partial charge is 0.493 e. The first-order chi connectivity index (χ1) is 10.3. The van der Waals surface area contributed by atoms with E-state index in [0.717, 1.165) is 25.2 Å². The fourth-order valence-corrected chi connectivity index (χ4v) is 2.91. The molecule has 0 aliphatic carbocycles. The van der Waals surface area contributed by atoms with E-state index in [0.29, 0.717) is 0 Å². The van der Waals surface area contributed by atoms with Crippen LogP contribution in [0.3, 0.4) is 0 Å². The normalized spacial score (nSPS) is 22.0. The average Bonchev–Trinajstić information content (AvgIpc) is 2.51. The Bertz CT molecular complexity index is 425. The number of rotatable bonds is 8. The molecule has 0 spiro atoms. The van der Waals surface area contributed by atoms with Crippen molar-refractivity contribution in [1.29, 1.82) is 0 Å². The quantitative estimate of drug-likeness (QED) is 0.509. The third kappa shape index (κ3) is 5.52. The molecule has 2 N–H and O–H groups in total. The van der Waals surface area contributed by atoms with Gasteiger partial charge >= 0.3 is 0 Å². The molecular formula is C18H30N2O+2. The summed E-state index contributed by atoms with van der Waals surface area (Å²) >= 11 is 0. The number of likely N-dealkylation sites (N-methyl/N-ethyl adjacent to an activating group) is 1. The second-order valence-electron chi connectivity index (χ2n) is 6.11. The highest BCUT2D eigenvalue weighted by atomic mass is 16.5. The summed E-state index contributed by atoms with van der Waals surface area (Å²) in [6.07, 6.45) is 5.22. The second-order valence-corrected chi connectivity index (χ2v) is 6.11. The van der Waals surface area contributed by atoms with E-state index >= 15 is 0 Å². The Labute approximate surface area is 129 Å². The molecule has 0 unspecified atom stereocenters. The number of quaternary nitrogens is 2. The van der Waals surface area contributed by atoms with E-state index in [4.69, 9.17) is 4.74 Å². The summed E-state index contributed by atoms with van der Waals surface area (Å²) in [5.41, 5.74) is 1.24. The summed E-state index contributed by atoms with van der Waals surface area (Å²) in [6.45, 7) is 11.2. The van der Waals surface area contributed by atoms with E-state index in [1.165, 1.54) is 44.7 Å². The lowest BCUT2D eigenvalue weighted by molar-refractivity contribution is -1.00. The van der Waals surface area contributed by atoms with Gasteiger partial charge in [-0.05, 0) is 30.9 Å². The molecular weight excluding hydrogens is 260 g/mol. The Hall–Kier alpha value is -1.32. The molecule has 2 rings (SSSR count). The Morgan fingerprint density at radius 2 is 1.90 bits per heavy atom. The predicted octanol–water partition coefficient (Wildman–Crippen LogP) is -0.0127. The number of hydrogen-bond acceptors (Lipinski definition) is 1. The number of benzene rings is 1. The number of unbranched alkanes of at least 4 members (excludes halogenated alkanes) is 1. The lowest BCUT2D eigenvalue weighted by Gasteiger charge is -2.27. The first-order valence-corrected chi connectivity index (χ1v) is 8.26. The van der Waals surface area contributed by atoms with Gasteiger partial charge < -0.3 is 14.5 Å². The van der Waals surface area contributed by atoms with Crippen LogP contribution in [-0.4, -0.2) is 46.4 Å². The fourth-order valence-electron chi connectivity index (χ4n) is 2.91. The summed E-state index contributed by atoms with van der Waals surface area (Å²) in [4.78, 5) is 3.45. The highest BCUT2D eigenvalue weighted by Gasteiger charge is 2.18. The average molecular weight is 290 g/mol. The maximum absolute atomic E-state index is 5.94. The maximum atomic E-state index is 5.94. The van der Waals surface area contributed by atoms with Crippen molar-refractivity contribution in [2.45, 2.75) is 19.3 Å². The third-order valence-electron chi connectivity index (χ3n) is 4.33. The van der Waals surface area contributed by atoms with Crippen molar-refractivity contribution < 1.29 is 14.5 Å². The number of nitrogens with one attached hydrogen (secondary N) is 2. The minimum Gasteiger partial charge on any atom is -0.493 e. The van der Waals surface area contributed by atoms with Gasteiger partial charge in [-0.2, -0.15) is 0 Å². The molecule has 3 heteroatoms. The molecule has 0 saturated carbocycles. The molecule has 0 amide bonds. The molecule has 3 nitrogen and oxygen atoms in total. The standard InChI is InChI=1S/C18H28N2O/c1-3-8-17-9-4-5-10-18(17)21-16-7-6-11-20-14-12-19(2)13-15-20/h3-5,9-10H,1,6-8,11-16H2,2H3/p+2. The van der Waals surface area contributed by atoms with E-state index in [1.54, 1.807) is 9.80 Å². The van der Waals surface area contributed by atoms with Gasteiger partial charge in [0.2, 0.25) is 0 Å². The maximum Gasteiger partial charge on any atom is 0.127 e. The molecule has 1 aromatic carbocycles. The van der Waals surface area contributed by atoms with E-state index in [1.807, 2.05) is 12.1 Å². The van der Waals surface area contributed by atoms with E-state index in [2.05, 4.69) is 31.8 Å². The predicted molar refractivity (Wildman–Crippen MR) is 87.3 cm³/mol. The second kappa shape index (κ2) is 8.85. The molecule has 0 aromatic heterocycles. The van der Waals surface area contributed by atoms with Crippen LogP contribution in [0.1, 0.15) is 18.4 Å². The summed E-state index contributed by atoms with van der Waals surface area (Å²) in [5, 5.41) is 0. The van der Waals surface area contributed by atoms with Gasteiger partial charge in [0, 0.05) is 0 Å². The third-order valence-corrected chi connectivity index (χ3v) is 4.33. The number of allylic oxidation sites excluding steroid dienone is 1. The number of para-hydroxylation sites is 1. The Morgan fingerprint density at radius 3 is 2.67 bits per heavy atom. The molecule has 1 heterocycles. The van der Waals surface area contributed by atoms with Gasteiger partial charge in [-0.1, -0.05) is 24.3 Å². The van der Waals surface area contributed by atoms with Gasteiger partial charge in [-0.3, -0.25) is 0 Å². The molecule has 21 heavy (non-hydrogen) atoms. The van der Waals surface area contributed by atoms with Gasteiger partial charge in [0.15, 0.2) is 0 Å². The van der Waals surface area contributed by atoms with Gasteiger partial charge in [0.05, 0.1) is 20.2 Å². The highest BCUT2D eigenvalue weighted by Crippen LogP contribution is 2.18. The van der Waals surface area contributed by atoms with Crippen LogP contribution in [0.2, 0.25) is 0 Å².